The van der Waals surface area contributed by atoms with Gasteiger partial charge >= 0.3 is 0 Å². The Balaban J connectivity index is 1.59. The van der Waals surface area contributed by atoms with Crippen molar-refractivity contribution in [1.29, 1.82) is 0 Å². The Bertz CT molecular complexity index is 1730. The number of fused-ring (bicyclic) bond motifs is 2. The predicted octanol–water partition coefficient (Wildman–Crippen LogP) is 6.64. The summed E-state index contributed by atoms with van der Waals surface area (Å²) in [6.07, 6.45) is 13.7. The lowest BCUT2D eigenvalue weighted by atomic mass is 9.51. The van der Waals surface area contributed by atoms with Crippen molar-refractivity contribution in [2.24, 2.45) is 17.6 Å². The number of ketones is 2. The third kappa shape index (κ3) is 4.47. The van der Waals surface area contributed by atoms with Crippen LogP contribution in [0, 0.1) is 11.8 Å². The lowest BCUT2D eigenvalue weighted by Gasteiger charge is -2.56. The van der Waals surface area contributed by atoms with Crippen molar-refractivity contribution in [2.75, 3.05) is 0 Å². The van der Waals surface area contributed by atoms with Crippen LogP contribution < -0.4 is 15.2 Å². The van der Waals surface area contributed by atoms with Crippen molar-refractivity contribution in [1.82, 2.24) is 0 Å². The maximum Gasteiger partial charge on any atom is 0.244 e. The average molecular weight is 628 g/mol. The van der Waals surface area contributed by atoms with E-state index in [4.69, 9.17) is 19.9 Å². The lowest BCUT2D eigenvalue weighted by Crippen LogP contribution is -2.72. The molecule has 1 saturated carbocycles. The number of carbonyl (C=O) groups excluding carboxylic acids is 3. The highest BCUT2D eigenvalue weighted by molar-refractivity contribution is 6.19. The molecule has 3 heterocycles. The molecular formula is C38H45NO7. The number of Topliss-reactive ketones (excluding diaryl/α,β-unsaturated/α-hetero) is 2. The van der Waals surface area contributed by atoms with Crippen LogP contribution in [0.4, 0.5) is 0 Å². The molecule has 5 atom stereocenters. The van der Waals surface area contributed by atoms with Crippen molar-refractivity contribution >= 4 is 23.5 Å². The van der Waals surface area contributed by atoms with Crippen molar-refractivity contribution in [3.8, 4) is 17.2 Å². The van der Waals surface area contributed by atoms with Gasteiger partial charge in [0.05, 0.1) is 11.2 Å². The molecule has 1 amide bonds. The van der Waals surface area contributed by atoms with Gasteiger partial charge in [0.25, 0.3) is 0 Å². The second-order valence-electron chi connectivity index (χ2n) is 14.8. The largest absolute Gasteiger partial charge is 0.506 e. The number of benzene rings is 1. The fraction of sp³-hybridized carbons (Fsp3) is 0.500. The highest BCUT2D eigenvalue weighted by Gasteiger charge is 2.81. The highest BCUT2D eigenvalue weighted by atomic mass is 16.6. The monoisotopic (exact) mass is 627 g/mol. The summed E-state index contributed by atoms with van der Waals surface area (Å²) in [6, 6.07) is 0. The van der Waals surface area contributed by atoms with Crippen LogP contribution in [0.15, 0.2) is 52.7 Å². The maximum absolute atomic E-state index is 14.7. The summed E-state index contributed by atoms with van der Waals surface area (Å²) in [5, 5.41) is 11.8. The van der Waals surface area contributed by atoms with Gasteiger partial charge in [-0.25, -0.2) is 0 Å². The molecule has 1 spiro atoms. The summed E-state index contributed by atoms with van der Waals surface area (Å²) >= 11 is 0. The van der Waals surface area contributed by atoms with Crippen LogP contribution in [0.3, 0.4) is 0 Å². The van der Waals surface area contributed by atoms with Crippen LogP contribution in [0.5, 0.6) is 17.2 Å². The van der Waals surface area contributed by atoms with Crippen LogP contribution in [0.1, 0.15) is 103 Å². The van der Waals surface area contributed by atoms with Crippen molar-refractivity contribution in [3.05, 3.63) is 69.4 Å². The topological polar surface area (TPSA) is 125 Å². The molecule has 46 heavy (non-hydrogen) atoms. The van der Waals surface area contributed by atoms with Gasteiger partial charge in [-0.15, -0.1) is 0 Å². The molecule has 1 aromatic rings. The second-order valence-corrected chi connectivity index (χ2v) is 14.8. The summed E-state index contributed by atoms with van der Waals surface area (Å²) in [5.74, 6) is -1.59. The lowest BCUT2D eigenvalue weighted by molar-refractivity contribution is -0.171. The number of carbonyl (C=O) groups is 3. The molecule has 0 radical (unpaired) electrons. The van der Waals surface area contributed by atoms with Crippen molar-refractivity contribution in [3.63, 3.8) is 0 Å². The van der Waals surface area contributed by atoms with E-state index >= 15 is 0 Å². The molecule has 0 aromatic heterocycles. The number of phenolic OH excluding ortho intramolecular Hbond substituents is 1. The Labute approximate surface area is 271 Å². The Hall–Kier alpha value is -3.91. The Morgan fingerprint density at radius 1 is 1.02 bits per heavy atom. The molecule has 1 aromatic carbocycles. The molecule has 244 valence electrons. The first-order valence-electron chi connectivity index (χ1n) is 16.2. The normalized spacial score (nSPS) is 31.2. The average Bonchev–Trinajstić information content (AvgIpc) is 3.12. The number of hydrogen-bond donors (Lipinski definition) is 2. The Morgan fingerprint density at radius 3 is 2.37 bits per heavy atom. The molecule has 4 bridgehead atoms. The zero-order chi connectivity index (χ0) is 33.6. The van der Waals surface area contributed by atoms with Crippen LogP contribution in [0.25, 0.3) is 6.08 Å². The summed E-state index contributed by atoms with van der Waals surface area (Å²) < 4.78 is 20.7. The molecule has 3 aliphatic heterocycles. The summed E-state index contributed by atoms with van der Waals surface area (Å²) in [6.45, 7) is 15.6. The highest BCUT2D eigenvalue weighted by Crippen LogP contribution is 2.68. The van der Waals surface area contributed by atoms with E-state index in [2.05, 4.69) is 19.9 Å². The fourth-order valence-corrected chi connectivity index (χ4v) is 8.19. The minimum Gasteiger partial charge on any atom is -0.506 e. The number of nitrogens with two attached hydrogens (primary N) is 1. The number of amides is 1. The van der Waals surface area contributed by atoms with E-state index in [1.165, 1.54) is 5.57 Å². The van der Waals surface area contributed by atoms with Gasteiger partial charge in [0.15, 0.2) is 22.8 Å². The van der Waals surface area contributed by atoms with Crippen LogP contribution in [-0.2, 0) is 20.7 Å². The summed E-state index contributed by atoms with van der Waals surface area (Å²) in [5.41, 5.74) is 5.08. The Morgan fingerprint density at radius 2 is 1.72 bits per heavy atom. The van der Waals surface area contributed by atoms with E-state index in [0.29, 0.717) is 47.3 Å². The van der Waals surface area contributed by atoms with Gasteiger partial charge in [-0.3, -0.25) is 14.4 Å². The zero-order valence-electron chi connectivity index (χ0n) is 28.1. The van der Waals surface area contributed by atoms with Crippen LogP contribution in [0.2, 0.25) is 0 Å². The molecule has 6 aliphatic rings. The third-order valence-electron chi connectivity index (χ3n) is 10.5. The molecule has 7 rings (SSSR count). The number of ether oxygens (including phenoxy) is 3. The van der Waals surface area contributed by atoms with Crippen LogP contribution in [-0.4, -0.2) is 45.0 Å². The van der Waals surface area contributed by atoms with E-state index in [1.807, 2.05) is 52.8 Å². The number of aromatic hydroxyl groups is 1. The smallest absolute Gasteiger partial charge is 0.244 e. The van der Waals surface area contributed by atoms with Crippen molar-refractivity contribution < 1.29 is 33.7 Å². The van der Waals surface area contributed by atoms with E-state index in [0.717, 1.165) is 12.0 Å². The molecule has 0 unspecified atom stereocenters. The first kappa shape index (κ1) is 32.0. The predicted molar refractivity (Wildman–Crippen MR) is 176 cm³/mol. The molecular weight excluding hydrogens is 582 g/mol. The fourth-order valence-electron chi connectivity index (χ4n) is 8.19. The van der Waals surface area contributed by atoms with E-state index in [9.17, 15) is 19.5 Å². The summed E-state index contributed by atoms with van der Waals surface area (Å²) in [7, 11) is 0. The molecule has 8 heteroatoms. The SMILES string of the molecule is CC(C)=CCC[C@]1(C)C=Cc2c(O)c3c(c(CC=C(C)C)c2O1)O[C@]12C(=C[C@@H]4C[C@H]1C(C)(C)O[C@@]2(C/C=C(/C)C(N)=O)C4=O)C3=O. The van der Waals surface area contributed by atoms with Crippen LogP contribution >= 0.6 is 0 Å². The van der Waals surface area contributed by atoms with E-state index in [1.54, 1.807) is 19.1 Å². The minimum absolute atomic E-state index is 0.0128. The van der Waals surface area contributed by atoms with Gasteiger partial charge < -0.3 is 25.1 Å². The zero-order valence-corrected chi connectivity index (χ0v) is 28.1. The maximum atomic E-state index is 14.7. The van der Waals surface area contributed by atoms with E-state index in [-0.39, 0.29) is 41.0 Å². The first-order chi connectivity index (χ1) is 21.5. The van der Waals surface area contributed by atoms with Gasteiger partial charge in [0, 0.05) is 35.0 Å². The third-order valence-corrected chi connectivity index (χ3v) is 10.5. The molecule has 8 nitrogen and oxygen atoms in total. The van der Waals surface area contributed by atoms with Gasteiger partial charge in [-0.2, -0.15) is 0 Å². The van der Waals surface area contributed by atoms with Crippen molar-refractivity contribution in [2.45, 2.75) is 110 Å². The Kier molecular flexibility index (Phi) is 7.36. The van der Waals surface area contributed by atoms with Gasteiger partial charge in [0.1, 0.15) is 28.4 Å². The quantitative estimate of drug-likeness (QED) is 0.245. The standard InChI is InChI=1S/C38H45NO7/c1-20(2)10-9-15-36(8)16-14-24-29(40)28-30(41)26-18-23-19-27-35(6,7)46-37(33(23)42,17-13-22(5)34(39)43)38(26,27)45-32(28)25(31(24)44-36)12-11-21(3)4/h10-11,13-14,16,18,23,27,40H,9,12,15,17,19H2,1-8H3,(H2,39,43)/b22-13-/t23-,27+,36-,37+,38-/m1/s1. The molecule has 3 N–H and O–H groups in total. The number of hydrogen-bond acceptors (Lipinski definition) is 7. The molecule has 3 aliphatic carbocycles. The van der Waals surface area contributed by atoms with Gasteiger partial charge in [-0.05, 0) is 93.2 Å². The summed E-state index contributed by atoms with van der Waals surface area (Å²) in [4.78, 5) is 41.1. The van der Waals surface area contributed by atoms with E-state index < -0.39 is 34.2 Å². The molecule has 1 saturated heterocycles. The number of primary amides is 1. The number of rotatable bonds is 8. The first-order valence-corrected chi connectivity index (χ1v) is 16.2. The van der Waals surface area contributed by atoms with Gasteiger partial charge in [0.2, 0.25) is 5.91 Å². The minimum atomic E-state index is -1.57. The second kappa shape index (κ2) is 10.6. The number of allylic oxidation sites excluding steroid dienone is 5. The molecule has 2 fully saturated rings. The van der Waals surface area contributed by atoms with Gasteiger partial charge in [-0.1, -0.05) is 35.5 Å². The number of phenols is 1.